The molecule has 0 aliphatic rings. The lowest BCUT2D eigenvalue weighted by molar-refractivity contribution is -0.140. The third-order valence-electron chi connectivity index (χ3n) is 0.514. The minimum absolute atomic E-state index is 0.211. The number of esters is 1. The Balaban J connectivity index is -0.000000118. The largest absolute Gasteiger partial charge is 0.466 e. The van der Waals surface area contributed by atoms with Gasteiger partial charge in [0.05, 0.1) is 6.61 Å². The lowest BCUT2D eigenvalue weighted by Crippen LogP contribution is -1.95. The second kappa shape index (κ2) is 22.6. The first-order valence-corrected chi connectivity index (χ1v) is 3.55. The van der Waals surface area contributed by atoms with Crippen LogP contribution in [-0.2, 0) is 9.53 Å². The van der Waals surface area contributed by atoms with E-state index >= 15 is 0 Å². The maximum Gasteiger partial charge on any atom is 0.302 e. The van der Waals surface area contributed by atoms with Crippen LogP contribution in [0.1, 0.15) is 13.8 Å². The molecule has 70 valence electrons. The van der Waals surface area contributed by atoms with Crippen LogP contribution in [0.15, 0.2) is 38.5 Å². The Hall–Kier alpha value is -1.31. The van der Waals surface area contributed by atoms with Gasteiger partial charge in [0.2, 0.25) is 0 Å². The molecule has 0 fully saturated rings. The molecule has 0 aliphatic carbocycles. The van der Waals surface area contributed by atoms with Crippen molar-refractivity contribution in [2.75, 3.05) is 6.61 Å². The Labute approximate surface area is 75.2 Å². The number of ether oxygens (including phenoxy) is 1. The van der Waals surface area contributed by atoms with Crippen LogP contribution in [0.2, 0.25) is 0 Å². The Kier molecular flexibility index (Phi) is 32.0. The highest BCUT2D eigenvalue weighted by Crippen LogP contribution is 1.69. The molecule has 2 heteroatoms. The summed E-state index contributed by atoms with van der Waals surface area (Å²) in [6.45, 7) is 16.4. The topological polar surface area (TPSA) is 26.3 Å². The average Bonchev–Trinajstić information content (AvgIpc) is 2.08. The van der Waals surface area contributed by atoms with Crippen molar-refractivity contribution in [3.8, 4) is 0 Å². The van der Waals surface area contributed by atoms with Gasteiger partial charge in [0.15, 0.2) is 0 Å². The van der Waals surface area contributed by atoms with Crippen molar-refractivity contribution in [1.82, 2.24) is 0 Å². The smallest absolute Gasteiger partial charge is 0.302 e. The fraction of sp³-hybridized carbons (Fsp3) is 0.300. The molecular formula is C10H18O2. The number of allylic oxidation sites excluding steroid dienone is 2. The van der Waals surface area contributed by atoms with Crippen molar-refractivity contribution in [2.24, 2.45) is 0 Å². The van der Waals surface area contributed by atoms with Crippen molar-refractivity contribution < 1.29 is 9.53 Å². The zero-order chi connectivity index (χ0) is 10.4. The van der Waals surface area contributed by atoms with Crippen molar-refractivity contribution >= 4 is 5.97 Å². The molecule has 0 amide bonds. The monoisotopic (exact) mass is 170 g/mol. The van der Waals surface area contributed by atoms with Crippen molar-refractivity contribution in [3.63, 3.8) is 0 Å². The zero-order valence-corrected chi connectivity index (χ0v) is 8.01. The van der Waals surface area contributed by atoms with Gasteiger partial charge in [-0.15, -0.1) is 13.2 Å². The lowest BCUT2D eigenvalue weighted by Gasteiger charge is -1.89. The standard InChI is InChI=1S/C4H8O2.C4H6.C2H4/c1-3-6-4(2)5;1-3-4-2;1-2/h3H2,1-2H3;3-4H,1-2H2;1-2H2. The molecule has 0 bridgehead atoms. The van der Waals surface area contributed by atoms with Crippen LogP contribution in [0.3, 0.4) is 0 Å². The summed E-state index contributed by atoms with van der Waals surface area (Å²) in [6, 6.07) is 0. The van der Waals surface area contributed by atoms with E-state index in [1.54, 1.807) is 19.1 Å². The first-order chi connectivity index (χ1) is 5.68. The zero-order valence-electron chi connectivity index (χ0n) is 8.01. The number of carbonyl (C=O) groups is 1. The molecule has 0 aromatic heterocycles. The van der Waals surface area contributed by atoms with Crippen LogP contribution in [0.5, 0.6) is 0 Å². The Morgan fingerprint density at radius 3 is 1.67 bits per heavy atom. The summed E-state index contributed by atoms with van der Waals surface area (Å²) in [4.78, 5) is 9.82. The van der Waals surface area contributed by atoms with Gasteiger partial charge in [-0.05, 0) is 6.92 Å². The quantitative estimate of drug-likeness (QED) is 0.362. The van der Waals surface area contributed by atoms with Gasteiger partial charge >= 0.3 is 5.97 Å². The Morgan fingerprint density at radius 2 is 1.67 bits per heavy atom. The van der Waals surface area contributed by atoms with E-state index in [4.69, 9.17) is 0 Å². The van der Waals surface area contributed by atoms with Crippen LogP contribution in [0.25, 0.3) is 0 Å². The molecule has 0 saturated heterocycles. The number of carbonyl (C=O) groups excluding carboxylic acids is 1. The molecule has 0 saturated carbocycles. The maximum atomic E-state index is 9.82. The van der Waals surface area contributed by atoms with Crippen LogP contribution >= 0.6 is 0 Å². The van der Waals surface area contributed by atoms with Gasteiger partial charge in [-0.25, -0.2) is 0 Å². The van der Waals surface area contributed by atoms with Gasteiger partial charge in [0.1, 0.15) is 0 Å². The second-order valence-electron chi connectivity index (χ2n) is 1.40. The van der Waals surface area contributed by atoms with E-state index in [-0.39, 0.29) is 5.97 Å². The van der Waals surface area contributed by atoms with E-state index in [0.717, 1.165) is 0 Å². The van der Waals surface area contributed by atoms with Crippen molar-refractivity contribution in [3.05, 3.63) is 38.5 Å². The van der Waals surface area contributed by atoms with E-state index in [1.165, 1.54) is 6.92 Å². The summed E-state index contributed by atoms with van der Waals surface area (Å²) < 4.78 is 4.40. The van der Waals surface area contributed by atoms with Crippen molar-refractivity contribution in [1.29, 1.82) is 0 Å². The first kappa shape index (κ1) is 17.0. The van der Waals surface area contributed by atoms with Gasteiger partial charge < -0.3 is 4.74 Å². The maximum absolute atomic E-state index is 9.82. The third kappa shape index (κ3) is 71.0. The van der Waals surface area contributed by atoms with Crippen LogP contribution in [-0.4, -0.2) is 12.6 Å². The van der Waals surface area contributed by atoms with Crippen molar-refractivity contribution in [2.45, 2.75) is 13.8 Å². The molecule has 0 N–H and O–H groups in total. The molecule has 2 nitrogen and oxygen atoms in total. The molecule has 0 radical (unpaired) electrons. The van der Waals surface area contributed by atoms with E-state index in [2.05, 4.69) is 31.1 Å². The SMILES string of the molecule is C=C.C=CC=C.CCOC(C)=O. The molecule has 0 rings (SSSR count). The summed E-state index contributed by atoms with van der Waals surface area (Å²) in [5.41, 5.74) is 0. The third-order valence-corrected chi connectivity index (χ3v) is 0.514. The normalized spacial score (nSPS) is 5.83. The molecular weight excluding hydrogens is 152 g/mol. The predicted octanol–water partition coefficient (Wildman–Crippen LogP) is 2.73. The van der Waals surface area contributed by atoms with Crippen LogP contribution < -0.4 is 0 Å². The highest BCUT2D eigenvalue weighted by atomic mass is 16.5. The molecule has 0 atom stereocenters. The van der Waals surface area contributed by atoms with E-state index in [9.17, 15) is 4.79 Å². The van der Waals surface area contributed by atoms with Gasteiger partial charge in [0.25, 0.3) is 0 Å². The minimum Gasteiger partial charge on any atom is -0.466 e. The van der Waals surface area contributed by atoms with E-state index in [0.29, 0.717) is 6.61 Å². The molecule has 0 unspecified atom stereocenters. The first-order valence-electron chi connectivity index (χ1n) is 3.55. The molecule has 0 heterocycles. The predicted molar refractivity (Wildman–Crippen MR) is 54.0 cm³/mol. The summed E-state index contributed by atoms with van der Waals surface area (Å²) in [7, 11) is 0. The van der Waals surface area contributed by atoms with Gasteiger partial charge in [-0.3, -0.25) is 4.79 Å². The fourth-order valence-electron chi connectivity index (χ4n) is 0.203. The summed E-state index contributed by atoms with van der Waals surface area (Å²) in [5, 5.41) is 0. The van der Waals surface area contributed by atoms with E-state index in [1.807, 2.05) is 0 Å². The van der Waals surface area contributed by atoms with Gasteiger partial charge in [-0.2, -0.15) is 0 Å². The number of hydrogen-bond donors (Lipinski definition) is 0. The Morgan fingerprint density at radius 1 is 1.33 bits per heavy atom. The molecule has 0 aromatic carbocycles. The van der Waals surface area contributed by atoms with Crippen LogP contribution in [0, 0.1) is 0 Å². The van der Waals surface area contributed by atoms with Crippen LogP contribution in [0.4, 0.5) is 0 Å². The highest BCUT2D eigenvalue weighted by molar-refractivity contribution is 5.65. The fourth-order valence-corrected chi connectivity index (χ4v) is 0.203. The number of hydrogen-bond acceptors (Lipinski definition) is 2. The number of rotatable bonds is 2. The Bertz CT molecular complexity index is 111. The molecule has 0 aliphatic heterocycles. The summed E-state index contributed by atoms with van der Waals surface area (Å²) in [6.07, 6.45) is 3.28. The van der Waals surface area contributed by atoms with Gasteiger partial charge in [0, 0.05) is 6.92 Å². The highest BCUT2D eigenvalue weighted by Gasteiger charge is 1.81. The van der Waals surface area contributed by atoms with Gasteiger partial charge in [-0.1, -0.05) is 25.3 Å². The minimum atomic E-state index is -0.211. The summed E-state index contributed by atoms with van der Waals surface area (Å²) >= 11 is 0. The molecule has 0 aromatic rings. The molecule has 0 spiro atoms. The lowest BCUT2D eigenvalue weighted by atomic mass is 10.6. The second-order valence-corrected chi connectivity index (χ2v) is 1.40. The average molecular weight is 170 g/mol. The summed E-state index contributed by atoms with van der Waals surface area (Å²) in [5.74, 6) is -0.211. The molecule has 12 heavy (non-hydrogen) atoms. The van der Waals surface area contributed by atoms with E-state index < -0.39 is 0 Å².